The van der Waals surface area contributed by atoms with Crippen molar-refractivity contribution in [2.24, 2.45) is 5.84 Å². The van der Waals surface area contributed by atoms with E-state index in [1.807, 2.05) is 11.8 Å². The number of pyridine rings is 1. The summed E-state index contributed by atoms with van der Waals surface area (Å²) in [5.41, 5.74) is 3.71. The van der Waals surface area contributed by atoms with Gasteiger partial charge >= 0.3 is 0 Å². The SMILES string of the molecule is CCN(C(=O)c1ccc(NN)cn1)C1CCCCC1. The Morgan fingerprint density at radius 3 is 2.68 bits per heavy atom. The second kappa shape index (κ2) is 6.52. The second-order valence-corrected chi connectivity index (χ2v) is 4.96. The lowest BCUT2D eigenvalue weighted by Crippen LogP contribution is -2.41. The Morgan fingerprint density at radius 2 is 2.16 bits per heavy atom. The van der Waals surface area contributed by atoms with Crippen LogP contribution in [0.1, 0.15) is 49.5 Å². The number of nitrogens with one attached hydrogen (secondary N) is 1. The molecule has 1 aliphatic rings. The van der Waals surface area contributed by atoms with E-state index in [4.69, 9.17) is 5.84 Å². The van der Waals surface area contributed by atoms with Crippen LogP contribution in [-0.2, 0) is 0 Å². The Balaban J connectivity index is 2.10. The highest BCUT2D eigenvalue weighted by molar-refractivity contribution is 5.92. The highest BCUT2D eigenvalue weighted by Crippen LogP contribution is 2.23. The van der Waals surface area contributed by atoms with Crippen molar-refractivity contribution in [3.8, 4) is 0 Å². The zero-order chi connectivity index (χ0) is 13.7. The van der Waals surface area contributed by atoms with E-state index in [-0.39, 0.29) is 5.91 Å². The maximum Gasteiger partial charge on any atom is 0.272 e. The Labute approximate surface area is 114 Å². The lowest BCUT2D eigenvalue weighted by atomic mass is 9.94. The van der Waals surface area contributed by atoms with E-state index in [2.05, 4.69) is 10.4 Å². The van der Waals surface area contributed by atoms with Crippen molar-refractivity contribution in [3.05, 3.63) is 24.0 Å². The standard InChI is InChI=1S/C14H22N4O/c1-2-18(12-6-4-3-5-7-12)14(19)13-9-8-11(17-15)10-16-13/h8-10,12,17H,2-7,15H2,1H3. The molecule has 0 radical (unpaired) electrons. The van der Waals surface area contributed by atoms with Gasteiger partial charge in [0.05, 0.1) is 11.9 Å². The van der Waals surface area contributed by atoms with Crippen molar-refractivity contribution in [2.45, 2.75) is 45.1 Å². The zero-order valence-electron chi connectivity index (χ0n) is 11.4. The van der Waals surface area contributed by atoms with Crippen LogP contribution in [0.5, 0.6) is 0 Å². The summed E-state index contributed by atoms with van der Waals surface area (Å²) >= 11 is 0. The van der Waals surface area contributed by atoms with Gasteiger partial charge in [-0.15, -0.1) is 0 Å². The van der Waals surface area contributed by atoms with E-state index < -0.39 is 0 Å². The van der Waals surface area contributed by atoms with Crippen molar-refractivity contribution >= 4 is 11.6 Å². The van der Waals surface area contributed by atoms with Gasteiger partial charge in [0.2, 0.25) is 0 Å². The van der Waals surface area contributed by atoms with E-state index in [0.717, 1.165) is 19.4 Å². The van der Waals surface area contributed by atoms with E-state index in [1.54, 1.807) is 18.3 Å². The zero-order valence-corrected chi connectivity index (χ0v) is 11.4. The number of amides is 1. The molecule has 0 bridgehead atoms. The summed E-state index contributed by atoms with van der Waals surface area (Å²) in [6.45, 7) is 2.77. The summed E-state index contributed by atoms with van der Waals surface area (Å²) in [5, 5.41) is 0. The van der Waals surface area contributed by atoms with Gasteiger partial charge in [-0.1, -0.05) is 19.3 Å². The summed E-state index contributed by atoms with van der Waals surface area (Å²) in [6, 6.07) is 3.87. The molecule has 104 valence electrons. The highest BCUT2D eigenvalue weighted by atomic mass is 16.2. The van der Waals surface area contributed by atoms with Gasteiger partial charge in [-0.05, 0) is 31.9 Å². The van der Waals surface area contributed by atoms with Crippen molar-refractivity contribution < 1.29 is 4.79 Å². The van der Waals surface area contributed by atoms with Crippen LogP contribution in [0, 0.1) is 0 Å². The van der Waals surface area contributed by atoms with Crippen molar-refractivity contribution in [1.29, 1.82) is 0 Å². The summed E-state index contributed by atoms with van der Waals surface area (Å²) < 4.78 is 0. The maximum atomic E-state index is 12.5. The lowest BCUT2D eigenvalue weighted by Gasteiger charge is -2.33. The van der Waals surface area contributed by atoms with Crippen LogP contribution in [0.2, 0.25) is 0 Å². The predicted molar refractivity (Wildman–Crippen MR) is 75.6 cm³/mol. The first-order chi connectivity index (χ1) is 9.26. The maximum absolute atomic E-state index is 12.5. The molecule has 3 N–H and O–H groups in total. The molecule has 0 unspecified atom stereocenters. The summed E-state index contributed by atoms with van der Waals surface area (Å²) in [4.78, 5) is 18.6. The number of hydrazine groups is 1. The Kier molecular flexibility index (Phi) is 4.74. The van der Waals surface area contributed by atoms with E-state index >= 15 is 0 Å². The number of rotatable bonds is 4. The molecule has 2 rings (SSSR count). The molecule has 19 heavy (non-hydrogen) atoms. The smallest absolute Gasteiger partial charge is 0.272 e. The molecular formula is C14H22N4O. The number of nitrogen functional groups attached to an aromatic ring is 1. The molecule has 0 atom stereocenters. The van der Waals surface area contributed by atoms with Crippen LogP contribution in [0.25, 0.3) is 0 Å². The van der Waals surface area contributed by atoms with Gasteiger partial charge in [0, 0.05) is 12.6 Å². The quantitative estimate of drug-likeness (QED) is 0.644. The number of nitrogens with two attached hydrogens (primary N) is 1. The molecule has 1 saturated carbocycles. The Morgan fingerprint density at radius 1 is 1.42 bits per heavy atom. The average Bonchev–Trinajstić information content (AvgIpc) is 2.49. The van der Waals surface area contributed by atoms with Crippen LogP contribution >= 0.6 is 0 Å². The minimum atomic E-state index is 0.0259. The first kappa shape index (κ1) is 13.8. The molecule has 1 amide bonds. The molecule has 0 spiro atoms. The van der Waals surface area contributed by atoms with Gasteiger partial charge in [-0.3, -0.25) is 10.6 Å². The second-order valence-electron chi connectivity index (χ2n) is 4.96. The van der Waals surface area contributed by atoms with Gasteiger partial charge in [0.1, 0.15) is 5.69 Å². The molecule has 0 saturated heterocycles. The van der Waals surface area contributed by atoms with Gasteiger partial charge < -0.3 is 10.3 Å². The molecular weight excluding hydrogens is 240 g/mol. The Hall–Kier alpha value is -1.62. The fourth-order valence-corrected chi connectivity index (χ4v) is 2.71. The minimum absolute atomic E-state index is 0.0259. The minimum Gasteiger partial charge on any atom is -0.335 e. The van der Waals surface area contributed by atoms with Crippen LogP contribution in [0.15, 0.2) is 18.3 Å². The normalized spacial score (nSPS) is 16.1. The van der Waals surface area contributed by atoms with Gasteiger partial charge in [-0.2, -0.15) is 0 Å². The van der Waals surface area contributed by atoms with Gasteiger partial charge in [0.15, 0.2) is 0 Å². The number of hydrogen-bond acceptors (Lipinski definition) is 4. The summed E-state index contributed by atoms with van der Waals surface area (Å²) in [5.74, 6) is 5.32. The first-order valence-electron chi connectivity index (χ1n) is 7.00. The van der Waals surface area contributed by atoms with Crippen molar-refractivity contribution in [1.82, 2.24) is 9.88 Å². The molecule has 0 aliphatic heterocycles. The topological polar surface area (TPSA) is 71.2 Å². The number of carbonyl (C=O) groups excluding carboxylic acids is 1. The fraction of sp³-hybridized carbons (Fsp3) is 0.571. The van der Waals surface area contributed by atoms with Crippen molar-refractivity contribution in [2.75, 3.05) is 12.0 Å². The van der Waals surface area contributed by atoms with Crippen LogP contribution in [0.3, 0.4) is 0 Å². The molecule has 1 aromatic heterocycles. The van der Waals surface area contributed by atoms with Crippen LogP contribution < -0.4 is 11.3 Å². The summed E-state index contributed by atoms with van der Waals surface area (Å²) in [7, 11) is 0. The number of anilines is 1. The third kappa shape index (κ3) is 3.23. The van der Waals surface area contributed by atoms with Crippen molar-refractivity contribution in [3.63, 3.8) is 0 Å². The molecule has 5 nitrogen and oxygen atoms in total. The number of nitrogens with zero attached hydrogens (tertiary/aromatic N) is 2. The van der Waals surface area contributed by atoms with Crippen LogP contribution in [0.4, 0.5) is 5.69 Å². The number of carbonyl (C=O) groups is 1. The molecule has 1 fully saturated rings. The number of aromatic nitrogens is 1. The third-order valence-corrected chi connectivity index (χ3v) is 3.77. The van der Waals surface area contributed by atoms with Crippen LogP contribution in [-0.4, -0.2) is 28.4 Å². The summed E-state index contributed by atoms with van der Waals surface area (Å²) in [6.07, 6.45) is 7.54. The van der Waals surface area contributed by atoms with Gasteiger partial charge in [0.25, 0.3) is 5.91 Å². The molecule has 0 aromatic carbocycles. The van der Waals surface area contributed by atoms with Gasteiger partial charge in [-0.25, -0.2) is 4.98 Å². The van der Waals surface area contributed by atoms with E-state index in [1.165, 1.54) is 19.3 Å². The third-order valence-electron chi connectivity index (χ3n) is 3.77. The predicted octanol–water partition coefficient (Wildman–Crippen LogP) is 2.16. The lowest BCUT2D eigenvalue weighted by molar-refractivity contribution is 0.0642. The monoisotopic (exact) mass is 262 g/mol. The van der Waals surface area contributed by atoms with E-state index in [0.29, 0.717) is 17.4 Å². The first-order valence-corrected chi connectivity index (χ1v) is 7.00. The highest BCUT2D eigenvalue weighted by Gasteiger charge is 2.25. The van der Waals surface area contributed by atoms with E-state index in [9.17, 15) is 4.79 Å². The molecule has 1 heterocycles. The molecule has 5 heteroatoms. The molecule has 1 aliphatic carbocycles. The largest absolute Gasteiger partial charge is 0.335 e. The molecule has 1 aromatic rings. The number of hydrogen-bond donors (Lipinski definition) is 2. The average molecular weight is 262 g/mol. The Bertz CT molecular complexity index is 412. The fourth-order valence-electron chi connectivity index (χ4n) is 2.71.